The van der Waals surface area contributed by atoms with Crippen LogP contribution in [-0.2, 0) is 9.68 Å². The second kappa shape index (κ2) is 5.94. The zero-order valence-electron chi connectivity index (χ0n) is 6.62. The van der Waals surface area contributed by atoms with Gasteiger partial charge in [-0.15, -0.1) is 20.2 Å². The van der Waals surface area contributed by atoms with Gasteiger partial charge < -0.3 is 10.6 Å². The van der Waals surface area contributed by atoms with Gasteiger partial charge in [0.2, 0.25) is 0 Å². The smallest absolute Gasteiger partial charge is 0.296 e. The van der Waals surface area contributed by atoms with E-state index in [1.165, 1.54) is 0 Å². The first-order valence-electron chi connectivity index (χ1n) is 3.36. The minimum absolute atomic E-state index is 0.120. The molecule has 0 saturated carbocycles. The van der Waals surface area contributed by atoms with Crippen molar-refractivity contribution in [1.29, 1.82) is 0 Å². The van der Waals surface area contributed by atoms with Crippen LogP contribution in [0.25, 0.3) is 0 Å². The van der Waals surface area contributed by atoms with Crippen molar-refractivity contribution in [2.75, 3.05) is 6.61 Å². The monoisotopic (exact) mass is 195 g/mol. The Bertz CT molecular complexity index is 185. The molecule has 0 aromatic carbocycles. The van der Waals surface area contributed by atoms with E-state index in [2.05, 4.69) is 9.68 Å². The summed E-state index contributed by atoms with van der Waals surface area (Å²) < 4.78 is 0. The molecule has 9 nitrogen and oxygen atoms in total. The third-order valence-corrected chi connectivity index (χ3v) is 1.05. The summed E-state index contributed by atoms with van der Waals surface area (Å²) in [5.41, 5.74) is 5.10. The van der Waals surface area contributed by atoms with Crippen LogP contribution in [0.4, 0.5) is 0 Å². The Kier molecular flexibility index (Phi) is 5.19. The van der Waals surface area contributed by atoms with Gasteiger partial charge in [0.1, 0.15) is 0 Å². The Labute approximate surface area is 72.6 Å². The zero-order chi connectivity index (χ0) is 10.3. The lowest BCUT2D eigenvalue weighted by molar-refractivity contribution is -0.769. The molecular weight excluding hydrogens is 186 g/mol. The van der Waals surface area contributed by atoms with Crippen LogP contribution in [0.15, 0.2) is 0 Å². The Balaban J connectivity index is 3.31. The molecule has 0 saturated heterocycles. The Hall–Kier alpha value is -1.64. The lowest BCUT2D eigenvalue weighted by atomic mass is 10.3. The fraction of sp³-hybridized carbons (Fsp3) is 1.00. The van der Waals surface area contributed by atoms with E-state index in [9.17, 15) is 20.2 Å². The quantitative estimate of drug-likeness (QED) is 0.250. The minimum atomic E-state index is -1.06. The van der Waals surface area contributed by atoms with Gasteiger partial charge in [-0.3, -0.25) is 4.84 Å². The summed E-state index contributed by atoms with van der Waals surface area (Å²) in [5, 5.41) is 17.4. The van der Waals surface area contributed by atoms with Gasteiger partial charge in [-0.05, 0) is 12.8 Å². The number of hydrogen-bond acceptors (Lipinski definition) is 7. The van der Waals surface area contributed by atoms with Crippen LogP contribution in [-0.4, -0.2) is 23.0 Å². The fourth-order valence-electron chi connectivity index (χ4n) is 0.587. The van der Waals surface area contributed by atoms with Gasteiger partial charge in [0.15, 0.2) is 6.23 Å². The lowest BCUT2D eigenvalue weighted by Crippen LogP contribution is -2.27. The molecule has 0 aliphatic carbocycles. The highest BCUT2D eigenvalue weighted by Gasteiger charge is 2.06. The first kappa shape index (κ1) is 11.4. The molecule has 0 spiro atoms. The van der Waals surface area contributed by atoms with Crippen molar-refractivity contribution in [1.82, 2.24) is 0 Å². The van der Waals surface area contributed by atoms with E-state index in [1.54, 1.807) is 0 Å². The van der Waals surface area contributed by atoms with Gasteiger partial charge in [0.05, 0.1) is 6.61 Å². The van der Waals surface area contributed by atoms with E-state index in [4.69, 9.17) is 5.73 Å². The van der Waals surface area contributed by atoms with Crippen molar-refractivity contribution in [2.24, 2.45) is 5.73 Å². The van der Waals surface area contributed by atoms with E-state index in [1.807, 2.05) is 0 Å². The fourth-order valence-corrected chi connectivity index (χ4v) is 0.587. The Morgan fingerprint density at radius 2 is 1.92 bits per heavy atom. The van der Waals surface area contributed by atoms with Crippen molar-refractivity contribution in [2.45, 2.75) is 19.1 Å². The summed E-state index contributed by atoms with van der Waals surface area (Å²) >= 11 is 0. The number of rotatable bonds is 7. The maximum absolute atomic E-state index is 9.71. The van der Waals surface area contributed by atoms with Gasteiger partial charge in [-0.25, -0.2) is 0 Å². The molecule has 13 heavy (non-hydrogen) atoms. The summed E-state index contributed by atoms with van der Waals surface area (Å²) in [4.78, 5) is 27.2. The molecule has 76 valence electrons. The summed E-state index contributed by atoms with van der Waals surface area (Å²) in [6.45, 7) is -0.151. The largest absolute Gasteiger partial charge is 0.314 e. The Morgan fingerprint density at radius 3 is 2.38 bits per heavy atom. The first-order valence-corrected chi connectivity index (χ1v) is 3.36. The normalized spacial score (nSPS) is 11.8. The molecule has 0 aromatic rings. The van der Waals surface area contributed by atoms with Crippen LogP contribution >= 0.6 is 0 Å². The second-order valence-corrected chi connectivity index (χ2v) is 2.07. The van der Waals surface area contributed by atoms with Crippen molar-refractivity contribution in [3.63, 3.8) is 0 Å². The maximum Gasteiger partial charge on any atom is 0.296 e. The molecule has 0 amide bonds. The molecule has 0 aliphatic heterocycles. The third kappa shape index (κ3) is 8.26. The highest BCUT2D eigenvalue weighted by atomic mass is 17.0. The van der Waals surface area contributed by atoms with Crippen LogP contribution in [0.3, 0.4) is 0 Å². The van der Waals surface area contributed by atoms with E-state index in [0.717, 1.165) is 0 Å². The standard InChI is InChI=1S/C4H9N3O6/c5-4(13-7(10)11)2-1-3-12-6(8)9/h4H,1-3,5H2. The van der Waals surface area contributed by atoms with Gasteiger partial charge in [0.25, 0.3) is 10.2 Å². The number of nitrogens with two attached hydrogens (primary N) is 1. The minimum Gasteiger partial charge on any atom is -0.314 e. The number of nitrogens with zero attached hydrogens (tertiary/aromatic N) is 2. The van der Waals surface area contributed by atoms with E-state index in [0.29, 0.717) is 0 Å². The van der Waals surface area contributed by atoms with Gasteiger partial charge in [-0.2, -0.15) is 0 Å². The summed E-state index contributed by atoms with van der Waals surface area (Å²) in [6.07, 6.45) is -0.726. The van der Waals surface area contributed by atoms with Crippen molar-refractivity contribution < 1.29 is 19.8 Å². The summed E-state index contributed by atoms with van der Waals surface area (Å²) in [5.74, 6) is 0. The molecule has 0 aliphatic rings. The average Bonchev–Trinajstić information content (AvgIpc) is 1.96. The molecule has 0 heterocycles. The second-order valence-electron chi connectivity index (χ2n) is 2.07. The number of hydrogen-bond donors (Lipinski definition) is 1. The maximum atomic E-state index is 9.71. The molecule has 1 unspecified atom stereocenters. The van der Waals surface area contributed by atoms with Crippen molar-refractivity contribution >= 4 is 0 Å². The highest BCUT2D eigenvalue weighted by Crippen LogP contribution is 1.96. The van der Waals surface area contributed by atoms with Crippen LogP contribution in [0.2, 0.25) is 0 Å². The molecule has 0 rings (SSSR count). The topological polar surface area (TPSA) is 131 Å². The van der Waals surface area contributed by atoms with Crippen LogP contribution in [0.5, 0.6) is 0 Å². The van der Waals surface area contributed by atoms with Gasteiger partial charge in [-0.1, -0.05) is 0 Å². The summed E-state index contributed by atoms with van der Waals surface area (Å²) in [6, 6.07) is 0. The van der Waals surface area contributed by atoms with E-state index >= 15 is 0 Å². The predicted octanol–water partition coefficient (Wildman–Crippen LogP) is -0.532. The Morgan fingerprint density at radius 1 is 1.31 bits per heavy atom. The van der Waals surface area contributed by atoms with E-state index < -0.39 is 16.4 Å². The lowest BCUT2D eigenvalue weighted by Gasteiger charge is -2.07. The first-order chi connectivity index (χ1) is 6.02. The molecule has 2 N–H and O–H groups in total. The van der Waals surface area contributed by atoms with Crippen LogP contribution in [0.1, 0.15) is 12.8 Å². The molecule has 0 fully saturated rings. The zero-order valence-corrected chi connectivity index (χ0v) is 6.62. The van der Waals surface area contributed by atoms with Crippen LogP contribution < -0.4 is 5.73 Å². The van der Waals surface area contributed by atoms with Crippen LogP contribution in [0, 0.1) is 20.2 Å². The third-order valence-electron chi connectivity index (χ3n) is 1.05. The molecule has 9 heteroatoms. The van der Waals surface area contributed by atoms with Gasteiger partial charge in [0, 0.05) is 0 Å². The highest BCUT2D eigenvalue weighted by molar-refractivity contribution is 4.44. The van der Waals surface area contributed by atoms with Crippen molar-refractivity contribution in [3.8, 4) is 0 Å². The van der Waals surface area contributed by atoms with E-state index in [-0.39, 0.29) is 19.4 Å². The summed E-state index contributed by atoms with van der Waals surface area (Å²) in [7, 11) is 0. The SMILES string of the molecule is NC(CCCO[N+](=O)[O-])O[N+](=O)[O-]. The molecular formula is C4H9N3O6. The van der Waals surface area contributed by atoms with Crippen molar-refractivity contribution in [3.05, 3.63) is 20.2 Å². The predicted molar refractivity (Wildman–Crippen MR) is 38.2 cm³/mol. The molecule has 0 bridgehead atoms. The molecule has 0 aromatic heterocycles. The average molecular weight is 195 g/mol. The van der Waals surface area contributed by atoms with Gasteiger partial charge >= 0.3 is 0 Å². The molecule has 0 radical (unpaired) electrons. The molecule has 1 atom stereocenters.